The van der Waals surface area contributed by atoms with E-state index in [0.29, 0.717) is 6.04 Å². The maximum atomic E-state index is 5.28. The Hall–Kier alpha value is -1.34. The van der Waals surface area contributed by atoms with Crippen LogP contribution in [-0.4, -0.2) is 38.9 Å². The zero-order valence-corrected chi connectivity index (χ0v) is 15.6. The molecule has 0 aliphatic carbocycles. The lowest BCUT2D eigenvalue weighted by atomic mass is 10.2. The average molecular weight is 337 g/mol. The van der Waals surface area contributed by atoms with E-state index in [1.165, 1.54) is 0 Å². The van der Waals surface area contributed by atoms with Crippen molar-refractivity contribution >= 4 is 11.8 Å². The van der Waals surface area contributed by atoms with E-state index in [-0.39, 0.29) is 0 Å². The molecule has 2 aromatic rings. The summed E-state index contributed by atoms with van der Waals surface area (Å²) in [6.45, 7) is 7.29. The molecule has 0 radical (unpaired) electrons. The summed E-state index contributed by atoms with van der Waals surface area (Å²) in [6, 6.07) is 2.26. The number of aromatic nitrogens is 4. The van der Waals surface area contributed by atoms with E-state index < -0.39 is 0 Å². The number of hydrogen-bond acceptors (Lipinski definition) is 6. The Morgan fingerprint density at radius 1 is 1.30 bits per heavy atom. The summed E-state index contributed by atoms with van der Waals surface area (Å²) in [5.41, 5.74) is 0.910. The molecule has 2 aromatic heterocycles. The van der Waals surface area contributed by atoms with Crippen LogP contribution in [-0.2, 0) is 12.3 Å². The van der Waals surface area contributed by atoms with Crippen molar-refractivity contribution < 1.29 is 4.52 Å². The molecule has 1 unspecified atom stereocenters. The van der Waals surface area contributed by atoms with E-state index in [0.717, 1.165) is 54.0 Å². The molecule has 23 heavy (non-hydrogen) atoms. The largest absolute Gasteiger partial charge is 0.360 e. The number of hydrogen-bond donors (Lipinski definition) is 0. The molecule has 0 N–H and O–H groups in total. The summed E-state index contributed by atoms with van der Waals surface area (Å²) >= 11 is 1.66. The third kappa shape index (κ3) is 4.57. The predicted molar refractivity (Wildman–Crippen MR) is 92.5 cm³/mol. The van der Waals surface area contributed by atoms with Crippen molar-refractivity contribution in [3.63, 3.8) is 0 Å². The molecule has 0 aromatic carbocycles. The summed E-state index contributed by atoms with van der Waals surface area (Å²) in [6.07, 6.45) is 3.30. The number of thioether (sulfide) groups is 1. The number of aryl methyl sites for hydroxylation is 1. The van der Waals surface area contributed by atoms with Crippen LogP contribution in [0.25, 0.3) is 0 Å². The van der Waals surface area contributed by atoms with Crippen LogP contribution in [0.5, 0.6) is 0 Å². The first-order chi connectivity index (χ1) is 11.1. The van der Waals surface area contributed by atoms with Gasteiger partial charge >= 0.3 is 0 Å². The molecule has 0 bridgehead atoms. The van der Waals surface area contributed by atoms with Crippen molar-refractivity contribution in [1.82, 2.24) is 24.8 Å². The number of rotatable bonds is 9. The fourth-order valence-corrected chi connectivity index (χ4v) is 3.42. The van der Waals surface area contributed by atoms with E-state index in [2.05, 4.69) is 52.8 Å². The minimum atomic E-state index is 0.293. The highest BCUT2D eigenvalue weighted by atomic mass is 32.2. The van der Waals surface area contributed by atoms with Crippen LogP contribution in [0, 0.1) is 6.92 Å². The van der Waals surface area contributed by atoms with Crippen LogP contribution < -0.4 is 0 Å². The molecule has 128 valence electrons. The van der Waals surface area contributed by atoms with Crippen LogP contribution in [0.2, 0.25) is 0 Å². The van der Waals surface area contributed by atoms with Crippen molar-refractivity contribution in [3.8, 4) is 0 Å². The van der Waals surface area contributed by atoms with Crippen molar-refractivity contribution in [3.05, 3.63) is 23.3 Å². The van der Waals surface area contributed by atoms with Gasteiger partial charge in [0.2, 0.25) is 0 Å². The molecule has 2 rings (SSSR count). The average Bonchev–Trinajstić information content (AvgIpc) is 3.10. The van der Waals surface area contributed by atoms with Gasteiger partial charge in [-0.25, -0.2) is 0 Å². The molecule has 7 heteroatoms. The van der Waals surface area contributed by atoms with Crippen LogP contribution >= 0.6 is 11.8 Å². The normalized spacial score (nSPS) is 13.0. The Bertz CT molecular complexity index is 607. The van der Waals surface area contributed by atoms with Gasteiger partial charge in [-0.1, -0.05) is 37.2 Å². The van der Waals surface area contributed by atoms with Gasteiger partial charge in [0.15, 0.2) is 11.0 Å². The fourth-order valence-electron chi connectivity index (χ4n) is 2.58. The highest BCUT2D eigenvalue weighted by Gasteiger charge is 2.22. The van der Waals surface area contributed by atoms with Gasteiger partial charge in [0.05, 0.1) is 17.5 Å². The molecule has 0 aliphatic rings. The van der Waals surface area contributed by atoms with E-state index in [1.54, 1.807) is 11.8 Å². The lowest BCUT2D eigenvalue weighted by Gasteiger charge is -2.23. The Morgan fingerprint density at radius 3 is 2.65 bits per heavy atom. The first-order valence-electron chi connectivity index (χ1n) is 8.21. The smallest absolute Gasteiger partial charge is 0.191 e. The number of unbranched alkanes of at least 4 members (excludes halogenated alkanes) is 1. The third-order valence-corrected chi connectivity index (χ3v) is 4.80. The number of nitrogens with zero attached hydrogens (tertiary/aromatic N) is 5. The first kappa shape index (κ1) is 18.0. The topological polar surface area (TPSA) is 60.0 Å². The lowest BCUT2D eigenvalue weighted by Crippen LogP contribution is -2.23. The minimum absolute atomic E-state index is 0.293. The Kier molecular flexibility index (Phi) is 6.65. The first-order valence-corrected chi connectivity index (χ1v) is 9.19. The van der Waals surface area contributed by atoms with E-state index in [4.69, 9.17) is 4.52 Å². The quantitative estimate of drug-likeness (QED) is 0.651. The monoisotopic (exact) mass is 337 g/mol. The van der Waals surface area contributed by atoms with E-state index in [1.807, 2.05) is 13.0 Å². The van der Waals surface area contributed by atoms with Crippen LogP contribution in [0.1, 0.15) is 56.4 Å². The molecule has 0 aliphatic heterocycles. The SMILES string of the molecule is CCCCn1c(SCc2cc(C)no2)nnc1C(CC)N(C)C. The molecule has 6 nitrogen and oxygen atoms in total. The molecule has 0 saturated carbocycles. The zero-order valence-electron chi connectivity index (χ0n) is 14.7. The highest BCUT2D eigenvalue weighted by molar-refractivity contribution is 7.98. The summed E-state index contributed by atoms with van der Waals surface area (Å²) < 4.78 is 7.55. The Labute approximate surface area is 142 Å². The minimum Gasteiger partial charge on any atom is -0.360 e. The molecule has 0 amide bonds. The second-order valence-corrected chi connectivity index (χ2v) is 6.90. The maximum absolute atomic E-state index is 5.28. The van der Waals surface area contributed by atoms with Gasteiger partial charge in [0.1, 0.15) is 5.76 Å². The molecule has 0 saturated heterocycles. The highest BCUT2D eigenvalue weighted by Crippen LogP contribution is 2.27. The van der Waals surface area contributed by atoms with Crippen LogP contribution in [0.4, 0.5) is 0 Å². The Balaban J connectivity index is 2.18. The van der Waals surface area contributed by atoms with Gasteiger partial charge in [-0.3, -0.25) is 4.90 Å². The second-order valence-electron chi connectivity index (χ2n) is 5.96. The third-order valence-electron chi connectivity index (χ3n) is 3.81. The van der Waals surface area contributed by atoms with Crippen LogP contribution in [0.3, 0.4) is 0 Å². The van der Waals surface area contributed by atoms with E-state index >= 15 is 0 Å². The standard InChI is InChI=1S/C16H27N5OS/c1-6-8-9-21-15(14(7-2)20(4)5)17-18-16(21)23-11-13-10-12(3)19-22-13/h10,14H,6-9,11H2,1-5H3. The molecule has 2 heterocycles. The van der Waals surface area contributed by atoms with Crippen molar-refractivity contribution in [2.24, 2.45) is 0 Å². The lowest BCUT2D eigenvalue weighted by molar-refractivity contribution is 0.270. The molecule has 0 spiro atoms. The van der Waals surface area contributed by atoms with Gasteiger partial charge in [-0.15, -0.1) is 10.2 Å². The van der Waals surface area contributed by atoms with Gasteiger partial charge in [0.25, 0.3) is 0 Å². The summed E-state index contributed by atoms with van der Waals surface area (Å²) in [4.78, 5) is 2.21. The van der Waals surface area contributed by atoms with Gasteiger partial charge < -0.3 is 9.09 Å². The van der Waals surface area contributed by atoms with Gasteiger partial charge in [0, 0.05) is 12.6 Å². The van der Waals surface area contributed by atoms with Crippen molar-refractivity contribution in [1.29, 1.82) is 0 Å². The summed E-state index contributed by atoms with van der Waals surface area (Å²) in [5.74, 6) is 2.66. The van der Waals surface area contributed by atoms with Crippen LogP contribution in [0.15, 0.2) is 15.7 Å². The molecular weight excluding hydrogens is 310 g/mol. The zero-order chi connectivity index (χ0) is 16.8. The molecular formula is C16H27N5OS. The second kappa shape index (κ2) is 8.49. The van der Waals surface area contributed by atoms with Crippen molar-refractivity contribution in [2.45, 2.75) is 63.5 Å². The van der Waals surface area contributed by atoms with Gasteiger partial charge in [-0.2, -0.15) is 0 Å². The Morgan fingerprint density at radius 2 is 2.09 bits per heavy atom. The fraction of sp³-hybridized carbons (Fsp3) is 0.688. The maximum Gasteiger partial charge on any atom is 0.191 e. The van der Waals surface area contributed by atoms with E-state index in [9.17, 15) is 0 Å². The predicted octanol–water partition coefficient (Wildman–Crippen LogP) is 3.68. The van der Waals surface area contributed by atoms with Gasteiger partial charge in [-0.05, 0) is 33.9 Å². The molecule has 1 atom stereocenters. The van der Waals surface area contributed by atoms with Crippen molar-refractivity contribution in [2.75, 3.05) is 14.1 Å². The molecule has 0 fully saturated rings. The summed E-state index contributed by atoms with van der Waals surface area (Å²) in [5, 5.41) is 13.8. The summed E-state index contributed by atoms with van der Waals surface area (Å²) in [7, 11) is 4.19.